The number of hydrogen-bond acceptors (Lipinski definition) is 14. The van der Waals surface area contributed by atoms with Gasteiger partial charge in [-0.15, -0.1) is 0 Å². The molecule has 0 amide bonds. The number of aliphatic hydroxyl groups is 2. The molecule has 0 bridgehead atoms. The molecule has 16 nitrogen and oxygen atoms in total. The Morgan fingerprint density at radius 1 is 0.257 bits per heavy atom. The van der Waals surface area contributed by atoms with E-state index in [-0.39, 0.29) is 19.3 Å². The molecule has 0 fully saturated rings. The van der Waals surface area contributed by atoms with Gasteiger partial charge in [0.05, 0.1) is 26.4 Å². The Kier molecular flexibility index (Phi) is 77.2. The number of esters is 3. The smallest absolute Gasteiger partial charge is 0.463 e. The minimum Gasteiger partial charge on any atom is -0.463 e. The molecule has 0 spiro atoms. The van der Waals surface area contributed by atoms with Gasteiger partial charge in [0.25, 0.3) is 0 Å². The van der Waals surface area contributed by atoms with E-state index in [0.29, 0.717) is 19.3 Å². The lowest BCUT2D eigenvalue weighted by atomic mass is 10.0. The summed E-state index contributed by atoms with van der Waals surface area (Å²) in [6, 6.07) is 0. The van der Waals surface area contributed by atoms with Crippen LogP contribution >= 0.6 is 15.6 Å². The van der Waals surface area contributed by atoms with Crippen molar-refractivity contribution in [1.82, 2.24) is 0 Å². The summed E-state index contributed by atoms with van der Waals surface area (Å²) in [5.74, 6) is -1.66. The van der Waals surface area contributed by atoms with E-state index in [2.05, 4.69) is 227 Å². The Morgan fingerprint density at radius 3 is 0.743 bits per heavy atom. The van der Waals surface area contributed by atoms with Crippen LogP contribution in [-0.4, -0.2) is 95.9 Å². The molecule has 0 aromatic rings. The maximum atomic E-state index is 13.0. The molecule has 0 rings (SSSR count). The van der Waals surface area contributed by atoms with Crippen molar-refractivity contribution in [3.63, 3.8) is 0 Å². The number of allylic oxidation sites excluding steroid dienone is 34. The lowest BCUT2D eigenvalue weighted by Crippen LogP contribution is -2.30. The van der Waals surface area contributed by atoms with Crippen LogP contribution in [-0.2, 0) is 55.8 Å². The van der Waals surface area contributed by atoms with Crippen molar-refractivity contribution >= 4 is 33.6 Å². The van der Waals surface area contributed by atoms with Crippen molar-refractivity contribution < 1.29 is 75.8 Å². The molecule has 18 heteroatoms. The monoisotopic (exact) mass is 1560 g/mol. The number of rotatable bonds is 76. The lowest BCUT2D eigenvalue weighted by molar-refractivity contribution is -0.161. The molecule has 0 aliphatic rings. The summed E-state index contributed by atoms with van der Waals surface area (Å²) in [5.41, 5.74) is 0. The van der Waals surface area contributed by atoms with Gasteiger partial charge in [0.2, 0.25) is 0 Å². The molecule has 0 radical (unpaired) electrons. The predicted octanol–water partition coefficient (Wildman–Crippen LogP) is 24.9. The number of carbonyl (C=O) groups is 3. The minimum atomic E-state index is -4.96. The summed E-state index contributed by atoms with van der Waals surface area (Å²) in [4.78, 5) is 58.8. The zero-order chi connectivity index (χ0) is 79.4. The number of carbonyl (C=O) groups excluding carboxylic acids is 3. The van der Waals surface area contributed by atoms with E-state index in [0.717, 1.165) is 180 Å². The molecule has 5 atom stereocenters. The molecule has 5 unspecified atom stereocenters. The van der Waals surface area contributed by atoms with Crippen LogP contribution in [0.4, 0.5) is 0 Å². The van der Waals surface area contributed by atoms with Crippen molar-refractivity contribution in [3.05, 3.63) is 207 Å². The van der Waals surface area contributed by atoms with Crippen molar-refractivity contribution in [1.29, 1.82) is 0 Å². The number of hydrogen-bond donors (Lipinski definition) is 4. The van der Waals surface area contributed by atoms with Crippen molar-refractivity contribution in [2.75, 3.05) is 39.6 Å². The van der Waals surface area contributed by atoms with E-state index in [9.17, 15) is 43.5 Å². The molecular weight excluding hydrogens is 1410 g/mol. The average molecular weight is 1560 g/mol. The number of ether oxygens (including phenoxy) is 3. The van der Waals surface area contributed by atoms with Crippen molar-refractivity contribution in [2.45, 2.75) is 309 Å². The van der Waals surface area contributed by atoms with Crippen LogP contribution in [0.15, 0.2) is 207 Å². The van der Waals surface area contributed by atoms with Gasteiger partial charge in [0.15, 0.2) is 6.10 Å². The highest BCUT2D eigenvalue weighted by Crippen LogP contribution is 2.45. The van der Waals surface area contributed by atoms with Gasteiger partial charge in [-0.1, -0.05) is 311 Å². The van der Waals surface area contributed by atoms with E-state index in [1.165, 1.54) is 51.4 Å². The third-order valence-electron chi connectivity index (χ3n) is 16.5. The second-order valence-electron chi connectivity index (χ2n) is 26.8. The zero-order valence-corrected chi connectivity index (χ0v) is 69.2. The zero-order valence-electron chi connectivity index (χ0n) is 67.4. The number of phosphoric ester groups is 2. The largest absolute Gasteiger partial charge is 0.472 e. The number of aliphatic hydroxyl groups excluding tert-OH is 2. The first-order valence-electron chi connectivity index (χ1n) is 41.4. The fourth-order valence-electron chi connectivity index (χ4n) is 10.3. The molecule has 0 aromatic carbocycles. The molecule has 0 saturated heterocycles. The molecule has 0 saturated carbocycles. The molecule has 0 aliphatic carbocycles. The van der Waals surface area contributed by atoms with Crippen LogP contribution in [0.1, 0.15) is 290 Å². The van der Waals surface area contributed by atoms with Gasteiger partial charge in [0, 0.05) is 19.3 Å². The Morgan fingerprint density at radius 2 is 0.459 bits per heavy atom. The van der Waals surface area contributed by atoms with Gasteiger partial charge in [-0.3, -0.25) is 32.5 Å². The molecular formula is C91H146O16P2. The maximum Gasteiger partial charge on any atom is 0.472 e. The fraction of sp³-hybridized carbons (Fsp3) is 0.593. The van der Waals surface area contributed by atoms with Crippen LogP contribution < -0.4 is 0 Å². The quantitative estimate of drug-likeness (QED) is 0.0146. The van der Waals surface area contributed by atoms with Crippen molar-refractivity contribution in [2.24, 2.45) is 0 Å². The summed E-state index contributed by atoms with van der Waals surface area (Å²) in [7, 11) is -9.83. The Hall–Kier alpha value is -5.87. The summed E-state index contributed by atoms with van der Waals surface area (Å²) in [6.45, 7) is 2.25. The molecule has 0 aliphatic heterocycles. The predicted molar refractivity (Wildman–Crippen MR) is 454 cm³/mol. The maximum absolute atomic E-state index is 13.0. The molecule has 616 valence electrons. The first-order chi connectivity index (χ1) is 53.2. The standard InChI is InChI=1S/C91H146O16P2/c1-4-7-10-13-16-19-22-25-28-31-34-37-38-39-40-41-42-43-44-45-46-49-51-53-56-59-62-65-68-71-74-77-89(94)101-80-86(92)81-103-108(97,98)104-82-87(93)83-105-109(99,100)106-85-88(107-91(96)79-76-73-70-67-64-61-58-55-52-48-36-33-30-27-24-21-18-15-12-9-6-3)84-102-90(95)78-75-72-69-66-63-60-57-54-50-47-35-32-29-26-23-20-17-14-11-8-5-2/h7-12,16-21,25-30,34-37,39-40,42-43,47-48,54-55,57-58,63,66,86-88,92-93H,4-6,13-15,22-24,31-33,38,41,44-46,49-53,56,59-62,64-65,67-85H2,1-3H3,(H,97,98)(H,99,100)/b10-7-,11-8-,12-9-,19-16-,20-17-,21-18-,28-25-,29-26-,30-27-,37-34-,40-39-,43-42-,47-35-,48-36-,57-54-,58-55-,66-63-. The minimum absolute atomic E-state index is 0.0638. The van der Waals surface area contributed by atoms with Crippen LogP contribution in [0.2, 0.25) is 0 Å². The third kappa shape index (κ3) is 82.9. The molecule has 109 heavy (non-hydrogen) atoms. The normalized spacial score (nSPS) is 15.0. The summed E-state index contributed by atoms with van der Waals surface area (Å²) in [5, 5.41) is 20.7. The van der Waals surface area contributed by atoms with Gasteiger partial charge in [0.1, 0.15) is 25.4 Å². The van der Waals surface area contributed by atoms with Gasteiger partial charge in [-0.05, 0) is 167 Å². The fourth-order valence-corrected chi connectivity index (χ4v) is 11.9. The highest BCUT2D eigenvalue weighted by Gasteiger charge is 2.29. The second kappa shape index (κ2) is 81.6. The lowest BCUT2D eigenvalue weighted by Gasteiger charge is -2.21. The first-order valence-corrected chi connectivity index (χ1v) is 44.4. The van der Waals surface area contributed by atoms with Crippen LogP contribution in [0, 0.1) is 0 Å². The Balaban J connectivity index is 4.66. The number of phosphoric acid groups is 2. The van der Waals surface area contributed by atoms with E-state index in [1.807, 2.05) is 0 Å². The highest BCUT2D eigenvalue weighted by atomic mass is 31.2. The Bertz CT molecular complexity index is 2810. The van der Waals surface area contributed by atoms with E-state index >= 15 is 0 Å². The highest BCUT2D eigenvalue weighted by molar-refractivity contribution is 7.47. The summed E-state index contributed by atoms with van der Waals surface area (Å²) >= 11 is 0. The first kappa shape index (κ1) is 103. The molecule has 0 heterocycles. The van der Waals surface area contributed by atoms with Crippen molar-refractivity contribution in [3.8, 4) is 0 Å². The SMILES string of the molecule is CC/C=C\C/C=C\C/C=C\C/C=C\C/C=C\C/C=C\CCCCCCCCCCCCCCC(=O)OCC(O)COP(=O)(O)OCC(O)COP(=O)(O)OCC(COC(=O)CCCC/C=C\C/C=C\C/C=C\C/C=C\C/C=C\C/C=C\CC)OC(=O)CCCCCCC/C=C\C/C=C\C/C=C\C/C=C\C/C=C\CC. The van der Waals surface area contributed by atoms with E-state index in [4.69, 9.17) is 32.3 Å². The van der Waals surface area contributed by atoms with Gasteiger partial charge in [-0.25, -0.2) is 9.13 Å². The summed E-state index contributed by atoms with van der Waals surface area (Å²) < 4.78 is 61.2. The second-order valence-corrected chi connectivity index (χ2v) is 29.7. The van der Waals surface area contributed by atoms with E-state index in [1.54, 1.807) is 0 Å². The Labute approximate surface area is 660 Å². The van der Waals surface area contributed by atoms with Crippen LogP contribution in [0.25, 0.3) is 0 Å². The average Bonchev–Trinajstić information content (AvgIpc) is 0.903. The van der Waals surface area contributed by atoms with E-state index < -0.39 is 91.5 Å². The van der Waals surface area contributed by atoms with Gasteiger partial charge < -0.3 is 34.2 Å². The van der Waals surface area contributed by atoms with Crippen LogP contribution in [0.3, 0.4) is 0 Å². The van der Waals surface area contributed by atoms with Gasteiger partial charge in [-0.2, -0.15) is 0 Å². The van der Waals surface area contributed by atoms with Gasteiger partial charge >= 0.3 is 33.6 Å². The van der Waals surface area contributed by atoms with Crippen LogP contribution in [0.5, 0.6) is 0 Å². The number of unbranched alkanes of at least 4 members (excludes halogenated alkanes) is 19. The third-order valence-corrected chi connectivity index (χ3v) is 18.4. The molecule has 4 N–H and O–H groups in total. The summed E-state index contributed by atoms with van der Waals surface area (Å²) in [6.07, 6.45) is 109. The molecule has 0 aromatic heterocycles. The topological polar surface area (TPSA) is 231 Å².